The molecule has 3 rings (SSSR count). The Morgan fingerprint density at radius 1 is 1.22 bits per heavy atom. The van der Waals surface area contributed by atoms with Crippen LogP contribution in [0.1, 0.15) is 40.0 Å². The van der Waals surface area contributed by atoms with Gasteiger partial charge in [0.05, 0.1) is 5.92 Å². The monoisotopic (exact) mass is 246 g/mol. The van der Waals surface area contributed by atoms with Gasteiger partial charge in [0.15, 0.2) is 5.78 Å². The zero-order valence-corrected chi connectivity index (χ0v) is 11.1. The van der Waals surface area contributed by atoms with Gasteiger partial charge in [-0.25, -0.2) is 0 Å². The van der Waals surface area contributed by atoms with Crippen molar-refractivity contribution in [1.29, 1.82) is 0 Å². The number of ketones is 1. The van der Waals surface area contributed by atoms with Crippen LogP contribution in [0.3, 0.4) is 0 Å². The minimum Gasteiger partial charge on any atom is -0.457 e. The predicted octanol–water partition coefficient (Wildman–Crippen LogP) is 2.56. The summed E-state index contributed by atoms with van der Waals surface area (Å²) in [5, 5.41) is 0. The average molecular weight is 246 g/mol. The molecular weight excluding hydrogens is 228 g/mol. The summed E-state index contributed by atoms with van der Waals surface area (Å²) in [6, 6.07) is 0. The van der Waals surface area contributed by atoms with Gasteiger partial charge in [0.25, 0.3) is 0 Å². The molecule has 1 fully saturated rings. The fourth-order valence-corrected chi connectivity index (χ4v) is 3.50. The first-order valence-electron chi connectivity index (χ1n) is 6.64. The number of carbonyl (C=O) groups is 2. The first-order valence-corrected chi connectivity index (χ1v) is 6.64. The van der Waals surface area contributed by atoms with E-state index in [1.807, 2.05) is 13.8 Å². The standard InChI is InChI=1S/C15H18O3/c1-7-4-5-10-8(2)15(17)18-14(10)13-9(3)12(16)6-11(7)13/h8,10,14H,4-6H2,1-3H3/t8-,10+,14-/m1/s1. The van der Waals surface area contributed by atoms with Crippen molar-refractivity contribution in [2.45, 2.75) is 46.1 Å². The molecule has 1 aliphatic heterocycles. The number of Topliss-reactive ketones (excluding diaryl/α,β-unsaturated/α-hetero) is 1. The highest BCUT2D eigenvalue weighted by molar-refractivity contribution is 6.03. The maximum absolute atomic E-state index is 11.9. The lowest BCUT2D eigenvalue weighted by molar-refractivity contribution is -0.142. The Labute approximate surface area is 107 Å². The van der Waals surface area contributed by atoms with E-state index >= 15 is 0 Å². The van der Waals surface area contributed by atoms with Crippen LogP contribution in [-0.4, -0.2) is 17.9 Å². The van der Waals surface area contributed by atoms with Crippen molar-refractivity contribution >= 4 is 11.8 Å². The number of hydrogen-bond acceptors (Lipinski definition) is 3. The highest BCUT2D eigenvalue weighted by Gasteiger charge is 2.47. The van der Waals surface area contributed by atoms with Gasteiger partial charge in [0.1, 0.15) is 6.10 Å². The largest absolute Gasteiger partial charge is 0.457 e. The molecule has 1 heterocycles. The highest BCUT2D eigenvalue weighted by atomic mass is 16.6. The molecule has 0 radical (unpaired) electrons. The molecule has 0 unspecified atom stereocenters. The predicted molar refractivity (Wildman–Crippen MR) is 66.8 cm³/mol. The normalized spacial score (nSPS) is 35.6. The lowest BCUT2D eigenvalue weighted by Gasteiger charge is -2.19. The summed E-state index contributed by atoms with van der Waals surface area (Å²) in [7, 11) is 0. The van der Waals surface area contributed by atoms with Crippen LogP contribution in [0.4, 0.5) is 0 Å². The van der Waals surface area contributed by atoms with Crippen LogP contribution in [0.15, 0.2) is 22.3 Å². The van der Waals surface area contributed by atoms with Crippen LogP contribution in [0.2, 0.25) is 0 Å². The fourth-order valence-electron chi connectivity index (χ4n) is 3.50. The third kappa shape index (κ3) is 1.43. The van der Waals surface area contributed by atoms with Gasteiger partial charge in [0, 0.05) is 17.9 Å². The van der Waals surface area contributed by atoms with E-state index in [1.54, 1.807) is 0 Å². The minimum absolute atomic E-state index is 0.0434. The van der Waals surface area contributed by atoms with Crippen molar-refractivity contribution in [2.24, 2.45) is 11.8 Å². The van der Waals surface area contributed by atoms with Gasteiger partial charge in [-0.05, 0) is 37.8 Å². The zero-order chi connectivity index (χ0) is 13.0. The average Bonchev–Trinajstić information content (AvgIpc) is 2.72. The number of ether oxygens (including phenoxy) is 1. The lowest BCUT2D eigenvalue weighted by Crippen LogP contribution is -2.21. The second kappa shape index (κ2) is 3.81. The SMILES string of the molecule is CC1=C2CC(=O)C(C)=C2[C@@H]2OC(=O)[C@H](C)[C@@H]2CC1. The molecule has 0 aromatic heterocycles. The highest BCUT2D eigenvalue weighted by Crippen LogP contribution is 2.46. The van der Waals surface area contributed by atoms with Gasteiger partial charge in [-0.1, -0.05) is 12.5 Å². The quantitative estimate of drug-likeness (QED) is 0.617. The summed E-state index contributed by atoms with van der Waals surface area (Å²) in [5.74, 6) is 0.276. The number of fused-ring (bicyclic) bond motifs is 3. The summed E-state index contributed by atoms with van der Waals surface area (Å²) in [6.07, 6.45) is 2.29. The lowest BCUT2D eigenvalue weighted by atomic mass is 9.85. The maximum atomic E-state index is 11.9. The Kier molecular flexibility index (Phi) is 2.47. The second-order valence-electron chi connectivity index (χ2n) is 5.75. The minimum atomic E-state index is -0.175. The van der Waals surface area contributed by atoms with Gasteiger partial charge < -0.3 is 4.74 Å². The molecule has 0 N–H and O–H groups in total. The van der Waals surface area contributed by atoms with E-state index < -0.39 is 0 Å². The summed E-state index contributed by atoms with van der Waals surface area (Å²) in [5.41, 5.74) is 4.28. The third-order valence-electron chi connectivity index (χ3n) is 4.78. The van der Waals surface area contributed by atoms with Gasteiger partial charge in [-0.15, -0.1) is 0 Å². The van der Waals surface area contributed by atoms with Crippen molar-refractivity contribution in [3.63, 3.8) is 0 Å². The molecule has 2 aliphatic carbocycles. The van der Waals surface area contributed by atoms with Crippen LogP contribution < -0.4 is 0 Å². The molecular formula is C15H18O3. The van der Waals surface area contributed by atoms with Crippen LogP contribution in [0, 0.1) is 11.8 Å². The number of hydrogen-bond donors (Lipinski definition) is 0. The first-order chi connectivity index (χ1) is 8.50. The Morgan fingerprint density at radius 3 is 2.67 bits per heavy atom. The molecule has 3 atom stereocenters. The van der Waals surface area contributed by atoms with Gasteiger partial charge in [-0.2, -0.15) is 0 Å². The Hall–Kier alpha value is -1.38. The topological polar surface area (TPSA) is 43.4 Å². The molecule has 0 bridgehead atoms. The summed E-state index contributed by atoms with van der Waals surface area (Å²) >= 11 is 0. The molecule has 0 spiro atoms. The van der Waals surface area contributed by atoms with E-state index in [4.69, 9.17) is 4.74 Å². The van der Waals surface area contributed by atoms with Crippen LogP contribution in [0.5, 0.6) is 0 Å². The summed E-state index contributed by atoms with van der Waals surface area (Å²) in [4.78, 5) is 23.7. The molecule has 0 aromatic carbocycles. The van der Waals surface area contributed by atoms with Crippen LogP contribution >= 0.6 is 0 Å². The van der Waals surface area contributed by atoms with Gasteiger partial charge in [-0.3, -0.25) is 9.59 Å². The molecule has 0 aromatic rings. The Balaban J connectivity index is 2.13. The molecule has 3 nitrogen and oxygen atoms in total. The zero-order valence-electron chi connectivity index (χ0n) is 11.1. The van der Waals surface area contributed by atoms with Crippen molar-refractivity contribution in [3.8, 4) is 0 Å². The van der Waals surface area contributed by atoms with E-state index in [9.17, 15) is 9.59 Å². The van der Waals surface area contributed by atoms with E-state index in [-0.39, 0.29) is 29.7 Å². The van der Waals surface area contributed by atoms with E-state index in [0.29, 0.717) is 6.42 Å². The van der Waals surface area contributed by atoms with Gasteiger partial charge in [0.2, 0.25) is 0 Å². The van der Waals surface area contributed by atoms with E-state index in [1.165, 1.54) is 5.57 Å². The molecule has 0 saturated carbocycles. The Bertz CT molecular complexity index is 510. The van der Waals surface area contributed by atoms with Crippen molar-refractivity contribution < 1.29 is 14.3 Å². The summed E-state index contributed by atoms with van der Waals surface area (Å²) in [6.45, 7) is 5.92. The molecule has 1 saturated heterocycles. The number of rotatable bonds is 0. The summed E-state index contributed by atoms with van der Waals surface area (Å²) < 4.78 is 5.56. The van der Waals surface area contributed by atoms with E-state index in [0.717, 1.165) is 29.6 Å². The van der Waals surface area contributed by atoms with Crippen molar-refractivity contribution in [2.75, 3.05) is 0 Å². The first kappa shape index (κ1) is 11.7. The van der Waals surface area contributed by atoms with Crippen molar-refractivity contribution in [3.05, 3.63) is 22.3 Å². The Morgan fingerprint density at radius 2 is 1.94 bits per heavy atom. The molecule has 3 aliphatic rings. The van der Waals surface area contributed by atoms with Crippen LogP contribution in [0.25, 0.3) is 0 Å². The maximum Gasteiger partial charge on any atom is 0.309 e. The third-order valence-corrected chi connectivity index (χ3v) is 4.78. The number of carbonyl (C=O) groups excluding carboxylic acids is 2. The number of allylic oxidation sites excluding steroid dienone is 2. The fraction of sp³-hybridized carbons (Fsp3) is 0.600. The second-order valence-corrected chi connectivity index (χ2v) is 5.75. The van der Waals surface area contributed by atoms with Crippen molar-refractivity contribution in [1.82, 2.24) is 0 Å². The number of esters is 1. The van der Waals surface area contributed by atoms with Gasteiger partial charge >= 0.3 is 5.97 Å². The molecule has 18 heavy (non-hydrogen) atoms. The van der Waals surface area contributed by atoms with Crippen LogP contribution in [-0.2, 0) is 14.3 Å². The molecule has 96 valence electrons. The van der Waals surface area contributed by atoms with E-state index in [2.05, 4.69) is 6.92 Å². The molecule has 0 amide bonds. The smallest absolute Gasteiger partial charge is 0.309 e. The molecule has 3 heteroatoms.